The third kappa shape index (κ3) is 4.10. The summed E-state index contributed by atoms with van der Waals surface area (Å²) in [5, 5.41) is 10.3. The van der Waals surface area contributed by atoms with Gasteiger partial charge in [-0.2, -0.15) is 0 Å². The Labute approximate surface area is 142 Å². The van der Waals surface area contributed by atoms with Crippen molar-refractivity contribution in [2.75, 3.05) is 0 Å². The Morgan fingerprint density at radius 1 is 1.19 bits per heavy atom. The molecule has 6 heteroatoms. The lowest BCUT2D eigenvalue weighted by Gasteiger charge is -2.12. The summed E-state index contributed by atoms with van der Waals surface area (Å²) in [5.41, 5.74) is 1.58. The van der Waals surface area contributed by atoms with Gasteiger partial charge < -0.3 is 9.84 Å². The molecule has 2 aromatic rings. The van der Waals surface area contributed by atoms with Gasteiger partial charge in [0.1, 0.15) is 5.75 Å². The topological polar surface area (TPSA) is 42.4 Å². The van der Waals surface area contributed by atoms with Crippen molar-refractivity contribution >= 4 is 39.1 Å². The molecule has 0 atom stereocenters. The van der Waals surface area contributed by atoms with Gasteiger partial charge in [0.15, 0.2) is 0 Å². The molecule has 0 aliphatic heterocycles. The minimum Gasteiger partial charge on any atom is -0.437 e. The molecule has 0 aliphatic rings. The van der Waals surface area contributed by atoms with Gasteiger partial charge in [-0.25, -0.2) is 4.98 Å². The van der Waals surface area contributed by atoms with Crippen LogP contribution in [0.5, 0.6) is 11.6 Å². The molecule has 1 N–H and O–H groups in total. The van der Waals surface area contributed by atoms with E-state index in [0.717, 1.165) is 11.3 Å². The van der Waals surface area contributed by atoms with Crippen LogP contribution < -0.4 is 4.74 Å². The molecule has 0 saturated heterocycles. The zero-order valence-electron chi connectivity index (χ0n) is 11.5. The molecule has 0 aliphatic carbocycles. The molecule has 0 fully saturated rings. The first-order chi connectivity index (χ1) is 9.90. The minimum absolute atomic E-state index is 0.0760. The molecule has 3 nitrogen and oxygen atoms in total. The third-order valence-corrected chi connectivity index (χ3v) is 4.34. The van der Waals surface area contributed by atoms with Crippen LogP contribution in [0.3, 0.4) is 0 Å². The van der Waals surface area contributed by atoms with Crippen LogP contribution in [0.2, 0.25) is 10.0 Å². The Balaban J connectivity index is 2.39. The molecule has 21 heavy (non-hydrogen) atoms. The van der Waals surface area contributed by atoms with Gasteiger partial charge in [0, 0.05) is 22.3 Å². The molecule has 2 rings (SSSR count). The standard InChI is InChI=1S/C15H14BrCl2NO2/c1-8(2)13-3-9(7-20)4-15(19-13)21-14-6-11(17)10(16)5-12(14)18/h3-6,8,20H,7H2,1-2H3. The molecule has 0 amide bonds. The van der Waals surface area contributed by atoms with Crippen molar-refractivity contribution in [1.82, 2.24) is 4.98 Å². The summed E-state index contributed by atoms with van der Waals surface area (Å²) in [6.45, 7) is 3.97. The summed E-state index contributed by atoms with van der Waals surface area (Å²) < 4.78 is 6.41. The van der Waals surface area contributed by atoms with E-state index in [1.54, 1.807) is 18.2 Å². The maximum atomic E-state index is 9.33. The van der Waals surface area contributed by atoms with Crippen LogP contribution in [0.1, 0.15) is 31.0 Å². The van der Waals surface area contributed by atoms with Crippen LogP contribution in [0.25, 0.3) is 0 Å². The Kier molecular flexibility index (Phi) is 5.49. The van der Waals surface area contributed by atoms with Crippen molar-refractivity contribution in [3.63, 3.8) is 0 Å². The molecular weight excluding hydrogens is 377 g/mol. The van der Waals surface area contributed by atoms with Crippen molar-refractivity contribution in [3.8, 4) is 11.6 Å². The predicted molar refractivity (Wildman–Crippen MR) is 88.5 cm³/mol. The summed E-state index contributed by atoms with van der Waals surface area (Å²) in [4.78, 5) is 4.42. The molecule has 0 bridgehead atoms. The first-order valence-corrected chi connectivity index (χ1v) is 7.89. The summed E-state index contributed by atoms with van der Waals surface area (Å²) in [6.07, 6.45) is 0. The number of benzene rings is 1. The molecular formula is C15H14BrCl2NO2. The van der Waals surface area contributed by atoms with E-state index in [1.165, 1.54) is 0 Å². The highest BCUT2D eigenvalue weighted by Crippen LogP contribution is 2.36. The molecule has 1 heterocycles. The van der Waals surface area contributed by atoms with Gasteiger partial charge in [0.05, 0.1) is 16.7 Å². The number of hydrogen-bond donors (Lipinski definition) is 1. The molecule has 112 valence electrons. The quantitative estimate of drug-likeness (QED) is 0.695. The Morgan fingerprint density at radius 2 is 1.90 bits per heavy atom. The van der Waals surface area contributed by atoms with E-state index < -0.39 is 0 Å². The van der Waals surface area contributed by atoms with E-state index >= 15 is 0 Å². The van der Waals surface area contributed by atoms with Gasteiger partial charge in [-0.1, -0.05) is 37.0 Å². The lowest BCUT2D eigenvalue weighted by molar-refractivity contribution is 0.280. The van der Waals surface area contributed by atoms with E-state index in [2.05, 4.69) is 20.9 Å². The van der Waals surface area contributed by atoms with Gasteiger partial charge in [-0.3, -0.25) is 0 Å². The first-order valence-electron chi connectivity index (χ1n) is 6.34. The van der Waals surface area contributed by atoms with E-state index in [1.807, 2.05) is 19.9 Å². The third-order valence-electron chi connectivity index (χ3n) is 2.84. The van der Waals surface area contributed by atoms with Crippen LogP contribution in [0, 0.1) is 0 Å². The molecule has 0 unspecified atom stereocenters. The van der Waals surface area contributed by atoms with Crippen molar-refractivity contribution in [2.45, 2.75) is 26.4 Å². The number of pyridine rings is 1. The highest BCUT2D eigenvalue weighted by Gasteiger charge is 2.11. The number of aromatic nitrogens is 1. The van der Waals surface area contributed by atoms with Gasteiger partial charge in [0.2, 0.25) is 5.88 Å². The second-order valence-electron chi connectivity index (χ2n) is 4.85. The zero-order chi connectivity index (χ0) is 15.6. The fraction of sp³-hybridized carbons (Fsp3) is 0.267. The smallest absolute Gasteiger partial charge is 0.219 e. The zero-order valence-corrected chi connectivity index (χ0v) is 14.6. The molecule has 1 aromatic heterocycles. The summed E-state index contributed by atoms with van der Waals surface area (Å²) >= 11 is 15.5. The molecule has 0 spiro atoms. The van der Waals surface area contributed by atoms with Crippen LogP contribution in [0.4, 0.5) is 0 Å². The van der Waals surface area contributed by atoms with Crippen molar-refractivity contribution in [3.05, 3.63) is 50.0 Å². The SMILES string of the molecule is CC(C)c1cc(CO)cc(Oc2cc(Cl)c(Br)cc2Cl)n1. The number of halogens is 3. The van der Waals surface area contributed by atoms with Gasteiger partial charge in [-0.15, -0.1) is 0 Å². The van der Waals surface area contributed by atoms with Gasteiger partial charge in [-0.05, 0) is 39.5 Å². The highest BCUT2D eigenvalue weighted by atomic mass is 79.9. The van der Waals surface area contributed by atoms with Crippen molar-refractivity contribution in [1.29, 1.82) is 0 Å². The summed E-state index contributed by atoms with van der Waals surface area (Å²) in [7, 11) is 0. The van der Waals surface area contributed by atoms with Gasteiger partial charge in [0.25, 0.3) is 0 Å². The molecule has 0 saturated carbocycles. The number of nitrogens with zero attached hydrogens (tertiary/aromatic N) is 1. The van der Waals surface area contributed by atoms with Crippen molar-refractivity contribution in [2.24, 2.45) is 0 Å². The monoisotopic (exact) mass is 389 g/mol. The average molecular weight is 391 g/mol. The maximum Gasteiger partial charge on any atom is 0.219 e. The van der Waals surface area contributed by atoms with E-state index in [4.69, 9.17) is 27.9 Å². The summed E-state index contributed by atoms with van der Waals surface area (Å²) in [6, 6.07) is 6.82. The normalized spacial score (nSPS) is 11.0. The average Bonchev–Trinajstić information content (AvgIpc) is 2.44. The van der Waals surface area contributed by atoms with Crippen LogP contribution in [0.15, 0.2) is 28.7 Å². The Bertz CT molecular complexity index is 662. The number of aliphatic hydroxyl groups is 1. The van der Waals surface area contributed by atoms with Crippen LogP contribution in [-0.4, -0.2) is 10.1 Å². The predicted octanol–water partition coefficient (Wildman–Crippen LogP) is 5.56. The minimum atomic E-state index is -0.0760. The Hall–Kier alpha value is -0.810. The van der Waals surface area contributed by atoms with E-state index in [0.29, 0.717) is 26.1 Å². The second kappa shape index (κ2) is 6.97. The van der Waals surface area contributed by atoms with Crippen LogP contribution in [-0.2, 0) is 6.61 Å². The van der Waals surface area contributed by atoms with E-state index in [-0.39, 0.29) is 12.5 Å². The number of ether oxygens (including phenoxy) is 1. The number of hydrogen-bond acceptors (Lipinski definition) is 3. The number of rotatable bonds is 4. The van der Waals surface area contributed by atoms with Crippen LogP contribution >= 0.6 is 39.1 Å². The highest BCUT2D eigenvalue weighted by molar-refractivity contribution is 9.10. The fourth-order valence-corrected chi connectivity index (χ4v) is 2.55. The summed E-state index contributed by atoms with van der Waals surface area (Å²) in [5.74, 6) is 1.02. The lowest BCUT2D eigenvalue weighted by Crippen LogP contribution is -1.99. The molecule has 0 radical (unpaired) electrons. The van der Waals surface area contributed by atoms with E-state index in [9.17, 15) is 5.11 Å². The van der Waals surface area contributed by atoms with Crippen molar-refractivity contribution < 1.29 is 9.84 Å². The Morgan fingerprint density at radius 3 is 2.52 bits per heavy atom. The maximum absolute atomic E-state index is 9.33. The largest absolute Gasteiger partial charge is 0.437 e. The first kappa shape index (κ1) is 16.6. The second-order valence-corrected chi connectivity index (χ2v) is 6.52. The number of aliphatic hydroxyl groups excluding tert-OH is 1. The van der Waals surface area contributed by atoms with Gasteiger partial charge >= 0.3 is 0 Å². The molecule has 1 aromatic carbocycles. The fourth-order valence-electron chi connectivity index (χ4n) is 1.72. The lowest BCUT2D eigenvalue weighted by atomic mass is 10.1.